The van der Waals surface area contributed by atoms with Gasteiger partial charge in [0.2, 0.25) is 5.91 Å². The summed E-state index contributed by atoms with van der Waals surface area (Å²) in [7, 11) is 0. The van der Waals surface area contributed by atoms with E-state index in [9.17, 15) is 4.79 Å². The fourth-order valence-electron chi connectivity index (χ4n) is 3.88. The molecule has 1 aromatic carbocycles. The number of fused-ring (bicyclic) bond motifs is 1. The molecule has 0 saturated carbocycles. The van der Waals surface area contributed by atoms with Crippen LogP contribution in [0.1, 0.15) is 42.0 Å². The van der Waals surface area contributed by atoms with Crippen LogP contribution in [0.2, 0.25) is 0 Å². The predicted octanol–water partition coefficient (Wildman–Crippen LogP) is 2.84. The third-order valence-electron chi connectivity index (χ3n) is 5.41. The zero-order valence-corrected chi connectivity index (χ0v) is 16.2. The number of carbonyl (C=O) groups excluding carboxylic acids is 1. The summed E-state index contributed by atoms with van der Waals surface area (Å²) in [5.74, 6) is 2.02. The molecule has 0 fully saturated rings. The van der Waals surface area contributed by atoms with Crippen molar-refractivity contribution in [3.63, 3.8) is 0 Å². The molecule has 2 aromatic heterocycles. The number of amides is 1. The van der Waals surface area contributed by atoms with Gasteiger partial charge in [-0.3, -0.25) is 9.78 Å². The van der Waals surface area contributed by atoms with Gasteiger partial charge in [-0.15, -0.1) is 10.2 Å². The highest BCUT2D eigenvalue weighted by Gasteiger charge is 2.27. The summed E-state index contributed by atoms with van der Waals surface area (Å²) in [4.78, 5) is 19.4. The molecule has 1 amide bonds. The lowest BCUT2D eigenvalue weighted by Crippen LogP contribution is -2.37. The molecular formula is C22H25N5O. The van der Waals surface area contributed by atoms with Crippen LogP contribution in [0.3, 0.4) is 0 Å². The van der Waals surface area contributed by atoms with E-state index in [2.05, 4.69) is 26.7 Å². The zero-order valence-electron chi connectivity index (χ0n) is 16.2. The SMILES string of the molecule is CC[C@@H](C(=O)N1CCc2nnc(Cc3cccnc3)n2CC1)c1ccccc1. The van der Waals surface area contributed by atoms with Crippen LogP contribution in [-0.4, -0.2) is 43.6 Å². The van der Waals surface area contributed by atoms with E-state index < -0.39 is 0 Å². The van der Waals surface area contributed by atoms with Crippen molar-refractivity contribution >= 4 is 5.91 Å². The molecule has 0 radical (unpaired) electrons. The van der Waals surface area contributed by atoms with Crippen LogP contribution in [0.4, 0.5) is 0 Å². The number of carbonyl (C=O) groups is 1. The van der Waals surface area contributed by atoms with Gasteiger partial charge in [-0.1, -0.05) is 43.3 Å². The van der Waals surface area contributed by atoms with Gasteiger partial charge in [-0.25, -0.2) is 0 Å². The largest absolute Gasteiger partial charge is 0.340 e. The van der Waals surface area contributed by atoms with E-state index in [1.165, 1.54) is 0 Å². The quantitative estimate of drug-likeness (QED) is 0.688. The van der Waals surface area contributed by atoms with Gasteiger partial charge in [0.1, 0.15) is 11.6 Å². The summed E-state index contributed by atoms with van der Waals surface area (Å²) < 4.78 is 2.17. The Hall–Kier alpha value is -3.02. The van der Waals surface area contributed by atoms with E-state index in [-0.39, 0.29) is 11.8 Å². The van der Waals surface area contributed by atoms with E-state index in [0.717, 1.165) is 42.2 Å². The van der Waals surface area contributed by atoms with Crippen molar-refractivity contribution in [2.24, 2.45) is 0 Å². The van der Waals surface area contributed by atoms with Crippen molar-refractivity contribution in [2.45, 2.75) is 38.6 Å². The topological polar surface area (TPSA) is 63.9 Å². The minimum atomic E-state index is -0.0837. The monoisotopic (exact) mass is 375 g/mol. The van der Waals surface area contributed by atoms with Gasteiger partial charge in [0, 0.05) is 44.9 Å². The molecule has 6 nitrogen and oxygen atoms in total. The molecule has 4 rings (SSSR count). The molecule has 28 heavy (non-hydrogen) atoms. The highest BCUT2D eigenvalue weighted by molar-refractivity contribution is 5.83. The van der Waals surface area contributed by atoms with Gasteiger partial charge in [0.05, 0.1) is 5.92 Å². The lowest BCUT2D eigenvalue weighted by atomic mass is 9.95. The first-order chi connectivity index (χ1) is 13.8. The molecule has 0 spiro atoms. The van der Waals surface area contributed by atoms with E-state index in [1.807, 2.05) is 53.6 Å². The number of hydrogen-bond donors (Lipinski definition) is 0. The standard InChI is InChI=1S/C22H25N5O/c1-2-19(18-8-4-3-5-9-18)22(28)26-12-10-20-24-25-21(27(20)14-13-26)15-17-7-6-11-23-16-17/h3-9,11,16,19H,2,10,12-15H2,1H3/t19-/m1/s1. The average molecular weight is 375 g/mol. The Labute approximate surface area is 165 Å². The summed E-state index contributed by atoms with van der Waals surface area (Å²) in [6, 6.07) is 14.1. The van der Waals surface area contributed by atoms with Crippen molar-refractivity contribution in [1.82, 2.24) is 24.6 Å². The van der Waals surface area contributed by atoms with Crippen LogP contribution in [0.25, 0.3) is 0 Å². The highest BCUT2D eigenvalue weighted by Crippen LogP contribution is 2.23. The minimum Gasteiger partial charge on any atom is -0.340 e. The maximum absolute atomic E-state index is 13.2. The normalized spacial score (nSPS) is 15.0. The predicted molar refractivity (Wildman–Crippen MR) is 107 cm³/mol. The molecule has 6 heteroatoms. The first kappa shape index (κ1) is 18.3. The number of benzene rings is 1. The first-order valence-electron chi connectivity index (χ1n) is 9.90. The molecule has 0 bridgehead atoms. The summed E-state index contributed by atoms with van der Waals surface area (Å²) in [5, 5.41) is 8.77. The summed E-state index contributed by atoms with van der Waals surface area (Å²) in [5.41, 5.74) is 2.21. The number of pyridine rings is 1. The van der Waals surface area contributed by atoms with Crippen molar-refractivity contribution in [1.29, 1.82) is 0 Å². The summed E-state index contributed by atoms with van der Waals surface area (Å²) in [6.45, 7) is 4.18. The second kappa shape index (κ2) is 8.33. The molecule has 0 saturated heterocycles. The number of aromatic nitrogens is 4. The van der Waals surface area contributed by atoms with E-state index in [1.54, 1.807) is 6.20 Å². The average Bonchev–Trinajstić information content (AvgIpc) is 2.98. The number of hydrogen-bond acceptors (Lipinski definition) is 4. The van der Waals surface area contributed by atoms with E-state index in [0.29, 0.717) is 19.5 Å². The highest BCUT2D eigenvalue weighted by atomic mass is 16.2. The van der Waals surface area contributed by atoms with Crippen molar-refractivity contribution in [2.75, 3.05) is 13.1 Å². The third kappa shape index (κ3) is 3.81. The molecule has 0 unspecified atom stereocenters. The van der Waals surface area contributed by atoms with Gasteiger partial charge in [-0.05, 0) is 23.6 Å². The number of rotatable bonds is 5. The molecule has 1 aliphatic rings. The molecule has 1 atom stereocenters. The second-order valence-electron chi connectivity index (χ2n) is 7.17. The Morgan fingerprint density at radius 1 is 1.07 bits per heavy atom. The molecule has 144 valence electrons. The Morgan fingerprint density at radius 3 is 2.68 bits per heavy atom. The summed E-state index contributed by atoms with van der Waals surface area (Å²) in [6.07, 6.45) is 5.87. The Kier molecular flexibility index (Phi) is 5.46. The Balaban J connectivity index is 1.48. The van der Waals surface area contributed by atoms with Crippen LogP contribution in [0.15, 0.2) is 54.9 Å². The first-order valence-corrected chi connectivity index (χ1v) is 9.90. The zero-order chi connectivity index (χ0) is 19.3. The smallest absolute Gasteiger partial charge is 0.230 e. The third-order valence-corrected chi connectivity index (χ3v) is 5.41. The van der Waals surface area contributed by atoms with Gasteiger partial charge in [0.25, 0.3) is 0 Å². The summed E-state index contributed by atoms with van der Waals surface area (Å²) >= 11 is 0. The second-order valence-corrected chi connectivity index (χ2v) is 7.17. The number of nitrogens with zero attached hydrogens (tertiary/aromatic N) is 5. The molecular weight excluding hydrogens is 350 g/mol. The van der Waals surface area contributed by atoms with Crippen molar-refractivity contribution < 1.29 is 4.79 Å². The minimum absolute atomic E-state index is 0.0837. The van der Waals surface area contributed by atoms with Crippen LogP contribution >= 0.6 is 0 Å². The van der Waals surface area contributed by atoms with Crippen molar-refractivity contribution in [3.8, 4) is 0 Å². The van der Waals surface area contributed by atoms with Crippen LogP contribution in [-0.2, 0) is 24.2 Å². The Morgan fingerprint density at radius 2 is 1.93 bits per heavy atom. The molecule has 1 aliphatic heterocycles. The van der Waals surface area contributed by atoms with E-state index in [4.69, 9.17) is 0 Å². The van der Waals surface area contributed by atoms with Gasteiger partial charge in [0.15, 0.2) is 0 Å². The lowest BCUT2D eigenvalue weighted by molar-refractivity contribution is -0.132. The fraction of sp³-hybridized carbons (Fsp3) is 0.364. The fourth-order valence-corrected chi connectivity index (χ4v) is 3.88. The Bertz CT molecular complexity index is 923. The molecule has 0 N–H and O–H groups in total. The van der Waals surface area contributed by atoms with Crippen molar-refractivity contribution in [3.05, 3.63) is 77.6 Å². The maximum Gasteiger partial charge on any atom is 0.230 e. The van der Waals surface area contributed by atoms with Crippen LogP contribution in [0, 0.1) is 0 Å². The lowest BCUT2D eigenvalue weighted by Gasteiger charge is -2.25. The molecule has 0 aliphatic carbocycles. The molecule has 3 aromatic rings. The van der Waals surface area contributed by atoms with Gasteiger partial charge in [-0.2, -0.15) is 0 Å². The van der Waals surface area contributed by atoms with Crippen LogP contribution in [0.5, 0.6) is 0 Å². The van der Waals surface area contributed by atoms with Gasteiger partial charge >= 0.3 is 0 Å². The molecule has 3 heterocycles. The van der Waals surface area contributed by atoms with E-state index >= 15 is 0 Å². The van der Waals surface area contributed by atoms with Gasteiger partial charge < -0.3 is 9.47 Å². The van der Waals surface area contributed by atoms with Crippen LogP contribution < -0.4 is 0 Å². The maximum atomic E-state index is 13.2.